The van der Waals surface area contributed by atoms with Gasteiger partial charge in [-0.15, -0.1) is 0 Å². The first-order chi connectivity index (χ1) is 7.63. The molecule has 0 radical (unpaired) electrons. The van der Waals surface area contributed by atoms with Crippen LogP contribution in [0.5, 0.6) is 5.75 Å². The van der Waals surface area contributed by atoms with Crippen molar-refractivity contribution < 1.29 is 14.6 Å². The fraction of sp³-hybridized carbons (Fsp3) is 0.538. The van der Waals surface area contributed by atoms with E-state index in [2.05, 4.69) is 0 Å². The largest absolute Gasteiger partial charge is 0.485 e. The minimum Gasteiger partial charge on any atom is -0.485 e. The molecule has 0 amide bonds. The summed E-state index contributed by atoms with van der Waals surface area (Å²) in [7, 11) is 0. The number of hydrogen-bond acceptors (Lipinski definition) is 3. The molecular formula is C13H18O3. The molecule has 1 N–H and O–H groups in total. The second-order valence-corrected chi connectivity index (χ2v) is 4.82. The van der Waals surface area contributed by atoms with Crippen molar-refractivity contribution in [2.45, 2.75) is 25.4 Å². The Morgan fingerprint density at radius 1 is 1.38 bits per heavy atom. The van der Waals surface area contributed by atoms with Crippen molar-refractivity contribution in [3.8, 4) is 5.75 Å². The summed E-state index contributed by atoms with van der Waals surface area (Å²) in [6, 6.07) is 7.87. The maximum Gasteiger partial charge on any atom is 0.145 e. The summed E-state index contributed by atoms with van der Waals surface area (Å²) in [4.78, 5) is 0. The van der Waals surface area contributed by atoms with E-state index in [0.717, 1.165) is 11.3 Å². The molecule has 1 fully saturated rings. The molecule has 2 rings (SSSR count). The van der Waals surface area contributed by atoms with Crippen molar-refractivity contribution in [2.75, 3.05) is 19.8 Å². The third-order valence-corrected chi connectivity index (χ3v) is 2.91. The van der Waals surface area contributed by atoms with Crippen LogP contribution >= 0.6 is 0 Å². The zero-order valence-corrected chi connectivity index (χ0v) is 9.77. The third kappa shape index (κ3) is 2.20. The van der Waals surface area contributed by atoms with E-state index in [0.29, 0.717) is 13.2 Å². The van der Waals surface area contributed by atoms with Gasteiger partial charge in [-0.3, -0.25) is 0 Å². The van der Waals surface area contributed by atoms with Gasteiger partial charge in [0.2, 0.25) is 0 Å². The monoisotopic (exact) mass is 222 g/mol. The summed E-state index contributed by atoms with van der Waals surface area (Å²) < 4.78 is 10.9. The van der Waals surface area contributed by atoms with Crippen LogP contribution in [0.25, 0.3) is 0 Å². The van der Waals surface area contributed by atoms with E-state index < -0.39 is 0 Å². The summed E-state index contributed by atoms with van der Waals surface area (Å²) in [6.07, 6.45) is 0.163. The van der Waals surface area contributed by atoms with Gasteiger partial charge in [-0.1, -0.05) is 32.0 Å². The van der Waals surface area contributed by atoms with E-state index in [1.807, 2.05) is 38.1 Å². The number of rotatable bonds is 4. The van der Waals surface area contributed by atoms with Gasteiger partial charge in [0.1, 0.15) is 11.9 Å². The molecule has 16 heavy (non-hydrogen) atoms. The van der Waals surface area contributed by atoms with Crippen LogP contribution in [-0.4, -0.2) is 31.0 Å². The highest BCUT2D eigenvalue weighted by atomic mass is 16.6. The summed E-state index contributed by atoms with van der Waals surface area (Å²) in [6.45, 7) is 5.44. The minimum atomic E-state index is -0.277. The van der Waals surface area contributed by atoms with E-state index in [9.17, 15) is 5.11 Å². The Bertz CT molecular complexity index is 356. The molecule has 0 spiro atoms. The van der Waals surface area contributed by atoms with Crippen molar-refractivity contribution >= 4 is 0 Å². The Morgan fingerprint density at radius 3 is 2.62 bits per heavy atom. The van der Waals surface area contributed by atoms with E-state index >= 15 is 0 Å². The predicted octanol–water partition coefficient (Wildman–Crippen LogP) is 1.73. The molecule has 0 saturated carbocycles. The first-order valence-electron chi connectivity index (χ1n) is 5.58. The summed E-state index contributed by atoms with van der Waals surface area (Å²) >= 11 is 0. The molecule has 1 aliphatic rings. The third-order valence-electron chi connectivity index (χ3n) is 2.91. The molecule has 88 valence electrons. The van der Waals surface area contributed by atoms with Gasteiger partial charge in [-0.25, -0.2) is 0 Å². The molecule has 0 aromatic heterocycles. The highest BCUT2D eigenvalue weighted by molar-refractivity contribution is 5.39. The van der Waals surface area contributed by atoms with Gasteiger partial charge in [0.25, 0.3) is 0 Å². The molecule has 0 aliphatic carbocycles. The second kappa shape index (κ2) is 4.44. The fourth-order valence-corrected chi connectivity index (χ4v) is 1.68. The lowest BCUT2D eigenvalue weighted by Crippen LogP contribution is -2.39. The Labute approximate surface area is 96.0 Å². The van der Waals surface area contributed by atoms with Crippen LogP contribution < -0.4 is 4.74 Å². The summed E-state index contributed by atoms with van der Waals surface area (Å²) in [5.41, 5.74) is 0.769. The van der Waals surface area contributed by atoms with Gasteiger partial charge in [-0.2, -0.15) is 0 Å². The van der Waals surface area contributed by atoms with Crippen molar-refractivity contribution in [2.24, 2.45) is 0 Å². The van der Waals surface area contributed by atoms with Crippen LogP contribution in [-0.2, 0) is 10.2 Å². The standard InChI is InChI=1S/C13H18O3/c1-13(2,9-14)11-5-3-4-6-12(11)16-10-7-15-8-10/h3-6,10,14H,7-9H2,1-2H3. The van der Waals surface area contributed by atoms with Gasteiger partial charge in [0.05, 0.1) is 19.8 Å². The molecule has 0 atom stereocenters. The number of hydrogen-bond donors (Lipinski definition) is 1. The van der Waals surface area contributed by atoms with Crippen molar-refractivity contribution in [1.82, 2.24) is 0 Å². The zero-order chi connectivity index (χ0) is 11.6. The number of aliphatic hydroxyl groups excluding tert-OH is 1. The summed E-state index contributed by atoms with van der Waals surface area (Å²) in [5.74, 6) is 0.856. The molecule has 0 bridgehead atoms. The predicted molar refractivity (Wildman–Crippen MR) is 61.8 cm³/mol. The average Bonchev–Trinajstić information content (AvgIpc) is 2.24. The van der Waals surface area contributed by atoms with Gasteiger partial charge in [0.15, 0.2) is 0 Å². The molecule has 1 heterocycles. The van der Waals surface area contributed by atoms with Crippen LogP contribution in [0.3, 0.4) is 0 Å². The molecule has 0 unspecified atom stereocenters. The SMILES string of the molecule is CC(C)(CO)c1ccccc1OC1COC1. The lowest BCUT2D eigenvalue weighted by atomic mass is 9.85. The lowest BCUT2D eigenvalue weighted by Gasteiger charge is -2.31. The molecule has 1 aromatic carbocycles. The maximum atomic E-state index is 9.40. The Balaban J connectivity index is 2.22. The van der Waals surface area contributed by atoms with Crippen LogP contribution in [0.2, 0.25) is 0 Å². The van der Waals surface area contributed by atoms with Crippen LogP contribution in [0.15, 0.2) is 24.3 Å². The topological polar surface area (TPSA) is 38.7 Å². The molecule has 3 nitrogen and oxygen atoms in total. The fourth-order valence-electron chi connectivity index (χ4n) is 1.68. The Morgan fingerprint density at radius 2 is 2.06 bits per heavy atom. The van der Waals surface area contributed by atoms with Crippen molar-refractivity contribution in [3.05, 3.63) is 29.8 Å². The first kappa shape index (κ1) is 11.4. The first-order valence-corrected chi connectivity index (χ1v) is 5.58. The number of ether oxygens (including phenoxy) is 2. The van der Waals surface area contributed by atoms with Crippen LogP contribution in [0.1, 0.15) is 19.4 Å². The molecule has 1 saturated heterocycles. The molecule has 1 aliphatic heterocycles. The Kier molecular flexibility index (Phi) is 3.17. The second-order valence-electron chi connectivity index (χ2n) is 4.82. The average molecular weight is 222 g/mol. The van der Waals surface area contributed by atoms with Gasteiger partial charge in [-0.05, 0) is 6.07 Å². The summed E-state index contributed by atoms with van der Waals surface area (Å²) in [5, 5.41) is 9.40. The van der Waals surface area contributed by atoms with Gasteiger partial charge >= 0.3 is 0 Å². The molecule has 1 aromatic rings. The van der Waals surface area contributed by atoms with E-state index in [1.165, 1.54) is 0 Å². The van der Waals surface area contributed by atoms with Crippen molar-refractivity contribution in [3.63, 3.8) is 0 Å². The highest BCUT2D eigenvalue weighted by Crippen LogP contribution is 2.32. The maximum absolute atomic E-state index is 9.40. The minimum absolute atomic E-state index is 0.106. The number of benzene rings is 1. The molecule has 3 heteroatoms. The van der Waals surface area contributed by atoms with Crippen molar-refractivity contribution in [1.29, 1.82) is 0 Å². The van der Waals surface area contributed by atoms with Crippen LogP contribution in [0.4, 0.5) is 0 Å². The Hall–Kier alpha value is -1.06. The highest BCUT2D eigenvalue weighted by Gasteiger charge is 2.26. The smallest absolute Gasteiger partial charge is 0.145 e. The number of aliphatic hydroxyl groups is 1. The van der Waals surface area contributed by atoms with E-state index in [1.54, 1.807) is 0 Å². The van der Waals surface area contributed by atoms with E-state index in [-0.39, 0.29) is 18.1 Å². The lowest BCUT2D eigenvalue weighted by molar-refractivity contribution is -0.0803. The normalized spacial score (nSPS) is 16.9. The van der Waals surface area contributed by atoms with Gasteiger partial charge in [0, 0.05) is 11.0 Å². The quantitative estimate of drug-likeness (QED) is 0.843. The van der Waals surface area contributed by atoms with Crippen LogP contribution in [0, 0.1) is 0 Å². The van der Waals surface area contributed by atoms with Gasteiger partial charge < -0.3 is 14.6 Å². The molecular weight excluding hydrogens is 204 g/mol. The number of para-hydroxylation sites is 1. The van der Waals surface area contributed by atoms with E-state index in [4.69, 9.17) is 9.47 Å². The zero-order valence-electron chi connectivity index (χ0n) is 9.77.